The molecule has 2 heteroatoms. The molecule has 0 aromatic rings. The van der Waals surface area contributed by atoms with Gasteiger partial charge in [-0.3, -0.25) is 5.43 Å². The Morgan fingerprint density at radius 3 is 1.29 bits per heavy atom. The highest BCUT2D eigenvalue weighted by atomic mass is 15.5. The second-order valence-electron chi connectivity index (χ2n) is 2.92. The Labute approximate surface area is 92.0 Å². The van der Waals surface area contributed by atoms with Gasteiger partial charge in [-0.25, -0.2) is 5.01 Å². The Kier molecular flexibility index (Phi) is 32.1. The van der Waals surface area contributed by atoms with Gasteiger partial charge in [0.05, 0.1) is 0 Å². The Balaban J connectivity index is -0.000000205. The van der Waals surface area contributed by atoms with Crippen molar-refractivity contribution in [3.63, 3.8) is 0 Å². The number of nitrogens with one attached hydrogen (secondary N) is 1. The summed E-state index contributed by atoms with van der Waals surface area (Å²) in [4.78, 5) is 0. The molecule has 0 rings (SSSR count). The van der Waals surface area contributed by atoms with Crippen LogP contribution in [0.3, 0.4) is 0 Å². The highest BCUT2D eigenvalue weighted by Crippen LogP contribution is 1.86. The summed E-state index contributed by atoms with van der Waals surface area (Å²) < 4.78 is 0. The molecule has 0 aromatic carbocycles. The van der Waals surface area contributed by atoms with E-state index in [4.69, 9.17) is 0 Å². The van der Waals surface area contributed by atoms with Crippen LogP contribution in [-0.2, 0) is 0 Å². The lowest BCUT2D eigenvalue weighted by Gasteiger charge is -2.18. The van der Waals surface area contributed by atoms with Crippen LogP contribution in [0.5, 0.6) is 0 Å². The van der Waals surface area contributed by atoms with E-state index in [1.807, 2.05) is 20.9 Å². The molecule has 0 fully saturated rings. The van der Waals surface area contributed by atoms with Crippen molar-refractivity contribution in [2.24, 2.45) is 0 Å². The third-order valence-corrected chi connectivity index (χ3v) is 1.30. The zero-order valence-electron chi connectivity index (χ0n) is 11.5. The lowest BCUT2D eigenvalue weighted by molar-refractivity contribution is 0.208. The van der Waals surface area contributed by atoms with Gasteiger partial charge in [0.15, 0.2) is 0 Å². The Morgan fingerprint density at radius 1 is 0.857 bits per heavy atom. The highest BCUT2D eigenvalue weighted by molar-refractivity contribution is 4.45. The first-order valence-corrected chi connectivity index (χ1v) is 6.18. The topological polar surface area (TPSA) is 15.3 Å². The molecular weight excluding hydrogens is 172 g/mol. The average Bonchev–Trinajstić information content (AvgIpc) is 2.22. The van der Waals surface area contributed by atoms with Crippen LogP contribution in [0.1, 0.15) is 60.8 Å². The molecule has 0 saturated carbocycles. The van der Waals surface area contributed by atoms with Gasteiger partial charge >= 0.3 is 0 Å². The summed E-state index contributed by atoms with van der Waals surface area (Å²) in [5.74, 6) is 0. The molecule has 0 aromatic heterocycles. The zero-order valence-corrected chi connectivity index (χ0v) is 11.5. The summed E-state index contributed by atoms with van der Waals surface area (Å²) in [5, 5.41) is 2.24. The molecule has 0 saturated heterocycles. The first kappa shape index (κ1) is 19.5. The highest BCUT2D eigenvalue weighted by Gasteiger charge is 1.95. The molecule has 0 aliphatic heterocycles. The van der Waals surface area contributed by atoms with E-state index >= 15 is 0 Å². The van der Waals surface area contributed by atoms with Crippen LogP contribution in [0, 0.1) is 0 Å². The Bertz CT molecular complexity index is 59.3. The predicted molar refractivity (Wildman–Crippen MR) is 68.5 cm³/mol. The molecule has 0 radical (unpaired) electrons. The maximum Gasteiger partial charge on any atom is 0.0128 e. The summed E-state index contributed by atoms with van der Waals surface area (Å²) in [7, 11) is 1.98. The van der Waals surface area contributed by atoms with Crippen molar-refractivity contribution in [2.75, 3.05) is 20.1 Å². The fourth-order valence-electron chi connectivity index (χ4n) is 0.875. The van der Waals surface area contributed by atoms with E-state index in [9.17, 15) is 0 Å². The number of hydrogen-bond acceptors (Lipinski definition) is 2. The summed E-state index contributed by atoms with van der Waals surface area (Å²) in [5.41, 5.74) is 3.14. The molecule has 0 aliphatic rings. The third kappa shape index (κ3) is 22.7. The van der Waals surface area contributed by atoms with Crippen LogP contribution in [-0.4, -0.2) is 25.1 Å². The van der Waals surface area contributed by atoms with Crippen molar-refractivity contribution in [2.45, 2.75) is 60.8 Å². The van der Waals surface area contributed by atoms with E-state index < -0.39 is 0 Å². The van der Waals surface area contributed by atoms with Gasteiger partial charge in [0.25, 0.3) is 0 Å². The van der Waals surface area contributed by atoms with Crippen molar-refractivity contribution in [3.8, 4) is 0 Å². The molecule has 1 N–H and O–H groups in total. The summed E-state index contributed by atoms with van der Waals surface area (Å²) >= 11 is 0. The van der Waals surface area contributed by atoms with E-state index in [2.05, 4.69) is 38.1 Å². The molecule has 90 valence electrons. The van der Waals surface area contributed by atoms with Gasteiger partial charge in [0.1, 0.15) is 0 Å². The minimum absolute atomic E-state index is 1.16. The van der Waals surface area contributed by atoms with E-state index in [1.54, 1.807) is 0 Å². The molecule has 14 heavy (non-hydrogen) atoms. The van der Waals surface area contributed by atoms with Crippen molar-refractivity contribution < 1.29 is 0 Å². The van der Waals surface area contributed by atoms with Crippen molar-refractivity contribution in [1.82, 2.24) is 10.4 Å². The largest absolute Gasteiger partial charge is 0.258 e. The number of rotatable bonds is 5. The van der Waals surface area contributed by atoms with Gasteiger partial charge in [-0.05, 0) is 19.9 Å². The molecule has 0 spiro atoms. The summed E-state index contributed by atoms with van der Waals surface area (Å²) in [6.07, 6.45) is 3.70. The molecule has 0 aliphatic carbocycles. The number of nitrogens with zero attached hydrogens (tertiary/aromatic N) is 1. The first-order valence-electron chi connectivity index (χ1n) is 6.18. The predicted octanol–water partition coefficient (Wildman–Crippen LogP) is 3.69. The zero-order chi connectivity index (χ0) is 11.8. The second-order valence-corrected chi connectivity index (χ2v) is 2.92. The molecular formula is C12H32N2. The minimum Gasteiger partial charge on any atom is -0.258 e. The maximum absolute atomic E-state index is 3.14. The number of hydrazine groups is 1. The van der Waals surface area contributed by atoms with Gasteiger partial charge in [-0.15, -0.1) is 0 Å². The molecule has 0 bridgehead atoms. The normalized spacial score (nSPS) is 8.57. The minimum atomic E-state index is 1.16. The van der Waals surface area contributed by atoms with Crippen LogP contribution < -0.4 is 5.43 Å². The molecule has 0 atom stereocenters. The van der Waals surface area contributed by atoms with Crippen molar-refractivity contribution in [1.29, 1.82) is 0 Å². The standard InChI is InChI=1S/C7H18N2.C3H8.C2H6/c1-4-6-9(8-3)7-5-2;1-3-2;1-2/h8H,4-7H2,1-3H3;3H2,1-2H3;1-2H3. The lowest BCUT2D eigenvalue weighted by Crippen LogP contribution is -2.36. The van der Waals surface area contributed by atoms with E-state index in [0.717, 1.165) is 13.1 Å². The lowest BCUT2D eigenvalue weighted by atomic mass is 10.4. The number of hydrogen-bond donors (Lipinski definition) is 1. The van der Waals surface area contributed by atoms with Gasteiger partial charge in [-0.2, -0.15) is 0 Å². The Morgan fingerprint density at radius 2 is 1.14 bits per heavy atom. The fraction of sp³-hybridized carbons (Fsp3) is 1.00. The van der Waals surface area contributed by atoms with E-state index in [0.29, 0.717) is 0 Å². The van der Waals surface area contributed by atoms with Crippen molar-refractivity contribution >= 4 is 0 Å². The van der Waals surface area contributed by atoms with Gasteiger partial charge in [0, 0.05) is 13.1 Å². The van der Waals surface area contributed by atoms with Crippen LogP contribution in [0.2, 0.25) is 0 Å². The summed E-state index contributed by atoms with van der Waals surface area (Å²) in [6, 6.07) is 0. The monoisotopic (exact) mass is 204 g/mol. The molecule has 0 unspecified atom stereocenters. The average molecular weight is 204 g/mol. The maximum atomic E-state index is 3.14. The van der Waals surface area contributed by atoms with Crippen LogP contribution in [0.15, 0.2) is 0 Å². The van der Waals surface area contributed by atoms with E-state index in [1.165, 1.54) is 19.3 Å². The van der Waals surface area contributed by atoms with Crippen LogP contribution in [0.25, 0.3) is 0 Å². The van der Waals surface area contributed by atoms with Crippen LogP contribution >= 0.6 is 0 Å². The smallest absolute Gasteiger partial charge is 0.0128 e. The molecule has 0 amide bonds. The second kappa shape index (κ2) is 23.1. The van der Waals surface area contributed by atoms with Gasteiger partial charge in [0.2, 0.25) is 0 Å². The van der Waals surface area contributed by atoms with Crippen molar-refractivity contribution in [3.05, 3.63) is 0 Å². The SMILES string of the molecule is CC.CCC.CCCN(CCC)NC. The quantitative estimate of drug-likeness (QED) is 0.687. The third-order valence-electron chi connectivity index (χ3n) is 1.30. The fourth-order valence-corrected chi connectivity index (χ4v) is 0.875. The van der Waals surface area contributed by atoms with Gasteiger partial charge in [-0.1, -0.05) is 48.0 Å². The van der Waals surface area contributed by atoms with E-state index in [-0.39, 0.29) is 0 Å². The Hall–Kier alpha value is -0.0800. The molecule has 0 heterocycles. The first-order chi connectivity index (χ1) is 6.76. The molecule has 2 nitrogen and oxygen atoms in total. The van der Waals surface area contributed by atoms with Crippen LogP contribution in [0.4, 0.5) is 0 Å². The van der Waals surface area contributed by atoms with Gasteiger partial charge < -0.3 is 0 Å². The summed E-state index contributed by atoms with van der Waals surface area (Å²) in [6.45, 7) is 15.0.